The second-order valence-electron chi connectivity index (χ2n) is 5.78. The predicted molar refractivity (Wildman–Crippen MR) is 71.0 cm³/mol. The van der Waals surface area contributed by atoms with E-state index in [0.717, 1.165) is 0 Å². The van der Waals surface area contributed by atoms with Crippen molar-refractivity contribution < 1.29 is 28.5 Å². The summed E-state index contributed by atoms with van der Waals surface area (Å²) in [7, 11) is 0. The Hall–Kier alpha value is -2.24. The average Bonchev–Trinajstić information content (AvgIpc) is 2.73. The van der Waals surface area contributed by atoms with Crippen LogP contribution in [0.25, 0.3) is 0 Å². The molecule has 0 N–H and O–H groups in total. The van der Waals surface area contributed by atoms with Gasteiger partial charge in [-0.05, 0) is 12.1 Å². The smallest absolute Gasteiger partial charge is 0.351 e. The van der Waals surface area contributed by atoms with Gasteiger partial charge in [0.1, 0.15) is 13.2 Å². The number of hydrogen-bond donors (Lipinski definition) is 0. The van der Waals surface area contributed by atoms with E-state index in [4.69, 9.17) is 18.9 Å². The predicted octanol–water partition coefficient (Wildman–Crippen LogP) is 1.32. The number of hydrogen-bond acceptors (Lipinski definition) is 6. The fraction of sp³-hybridized carbons (Fsp3) is 0.467. The van der Waals surface area contributed by atoms with Crippen LogP contribution in [0.2, 0.25) is 0 Å². The van der Waals surface area contributed by atoms with E-state index in [0.29, 0.717) is 11.5 Å². The summed E-state index contributed by atoms with van der Waals surface area (Å²) >= 11 is 0. The summed E-state index contributed by atoms with van der Waals surface area (Å²) in [6.07, 6.45) is -1.80. The van der Waals surface area contributed by atoms with Gasteiger partial charge in [-0.2, -0.15) is 0 Å². The van der Waals surface area contributed by atoms with Crippen LogP contribution in [0.15, 0.2) is 24.3 Å². The number of carbonyl (C=O) groups is 2. The standard InChI is InChI=1S/C15H16O6/c1-15(2)8-19-14(17)12(15)21-13(16)11-7-18-9-5-3-4-6-10(9)20-11/h3-6,11-12H,7-8H2,1-2H3/t11-,12+/m1/s1. The molecule has 1 aromatic carbocycles. The first-order valence-corrected chi connectivity index (χ1v) is 6.73. The Labute approximate surface area is 121 Å². The summed E-state index contributed by atoms with van der Waals surface area (Å²) in [5.41, 5.74) is -0.541. The highest BCUT2D eigenvalue weighted by atomic mass is 16.6. The zero-order chi connectivity index (χ0) is 15.0. The first-order valence-electron chi connectivity index (χ1n) is 6.73. The van der Waals surface area contributed by atoms with E-state index in [1.165, 1.54) is 0 Å². The fourth-order valence-electron chi connectivity index (χ4n) is 2.26. The first-order chi connectivity index (χ1) is 9.97. The van der Waals surface area contributed by atoms with Crippen LogP contribution in [-0.2, 0) is 19.1 Å². The molecule has 0 radical (unpaired) electrons. The Morgan fingerprint density at radius 3 is 2.62 bits per heavy atom. The lowest BCUT2D eigenvalue weighted by molar-refractivity contribution is -0.170. The number of carbonyl (C=O) groups excluding carboxylic acids is 2. The van der Waals surface area contributed by atoms with Crippen LogP contribution in [-0.4, -0.2) is 37.4 Å². The van der Waals surface area contributed by atoms with E-state index in [9.17, 15) is 9.59 Å². The average molecular weight is 292 g/mol. The molecule has 6 nitrogen and oxygen atoms in total. The number of cyclic esters (lactones) is 1. The van der Waals surface area contributed by atoms with Crippen LogP contribution in [0.5, 0.6) is 11.5 Å². The molecule has 2 atom stereocenters. The maximum absolute atomic E-state index is 12.2. The van der Waals surface area contributed by atoms with Crippen molar-refractivity contribution in [3.63, 3.8) is 0 Å². The second kappa shape index (κ2) is 4.95. The number of rotatable bonds is 2. The van der Waals surface area contributed by atoms with Crippen molar-refractivity contribution in [2.24, 2.45) is 5.41 Å². The quantitative estimate of drug-likeness (QED) is 0.766. The largest absolute Gasteiger partial charge is 0.485 e. The van der Waals surface area contributed by atoms with Crippen LogP contribution in [0.1, 0.15) is 13.8 Å². The fourth-order valence-corrected chi connectivity index (χ4v) is 2.26. The summed E-state index contributed by atoms with van der Waals surface area (Å²) in [5.74, 6) is -0.0759. The highest BCUT2D eigenvalue weighted by Gasteiger charge is 2.47. The molecule has 2 aliphatic rings. The van der Waals surface area contributed by atoms with E-state index in [1.54, 1.807) is 18.2 Å². The van der Waals surface area contributed by atoms with E-state index >= 15 is 0 Å². The Morgan fingerprint density at radius 2 is 1.95 bits per heavy atom. The van der Waals surface area contributed by atoms with Crippen molar-refractivity contribution in [1.29, 1.82) is 0 Å². The second-order valence-corrected chi connectivity index (χ2v) is 5.78. The van der Waals surface area contributed by atoms with Crippen LogP contribution < -0.4 is 9.47 Å². The molecule has 2 aliphatic heterocycles. The van der Waals surface area contributed by atoms with E-state index < -0.39 is 29.6 Å². The molecule has 1 aromatic rings. The third-order valence-electron chi connectivity index (χ3n) is 3.52. The number of benzene rings is 1. The van der Waals surface area contributed by atoms with Gasteiger partial charge in [0.05, 0.1) is 0 Å². The Balaban J connectivity index is 1.69. The molecule has 112 valence electrons. The van der Waals surface area contributed by atoms with Gasteiger partial charge in [-0.1, -0.05) is 26.0 Å². The lowest BCUT2D eigenvalue weighted by Crippen LogP contribution is -2.43. The van der Waals surface area contributed by atoms with Gasteiger partial charge >= 0.3 is 11.9 Å². The third kappa shape index (κ3) is 2.53. The SMILES string of the molecule is CC1(C)COC(=O)[C@@H]1OC(=O)[C@H]1COc2ccccc2O1. The highest BCUT2D eigenvalue weighted by Crippen LogP contribution is 2.33. The summed E-state index contributed by atoms with van der Waals surface area (Å²) in [5, 5.41) is 0. The lowest BCUT2D eigenvalue weighted by Gasteiger charge is -2.27. The van der Waals surface area contributed by atoms with Crippen molar-refractivity contribution in [2.45, 2.75) is 26.1 Å². The molecule has 3 rings (SSSR count). The number of para-hydroxylation sites is 2. The molecule has 0 amide bonds. The zero-order valence-corrected chi connectivity index (χ0v) is 11.8. The molecule has 0 aliphatic carbocycles. The minimum Gasteiger partial charge on any atom is -0.485 e. The Bertz CT molecular complexity index is 579. The summed E-state index contributed by atoms with van der Waals surface area (Å²) in [6, 6.07) is 7.07. The topological polar surface area (TPSA) is 71.1 Å². The Kier molecular flexibility index (Phi) is 3.23. The van der Waals surface area contributed by atoms with E-state index in [2.05, 4.69) is 0 Å². The molecular weight excluding hydrogens is 276 g/mol. The van der Waals surface area contributed by atoms with Crippen LogP contribution in [0, 0.1) is 5.41 Å². The first kappa shape index (κ1) is 13.7. The molecule has 0 saturated carbocycles. The monoisotopic (exact) mass is 292 g/mol. The molecule has 0 spiro atoms. The lowest BCUT2D eigenvalue weighted by atomic mass is 9.90. The summed E-state index contributed by atoms with van der Waals surface area (Å²) in [6.45, 7) is 3.90. The summed E-state index contributed by atoms with van der Waals surface area (Å²) in [4.78, 5) is 23.8. The van der Waals surface area contributed by atoms with Gasteiger partial charge in [0.25, 0.3) is 0 Å². The molecule has 1 fully saturated rings. The molecule has 0 bridgehead atoms. The van der Waals surface area contributed by atoms with Gasteiger partial charge < -0.3 is 18.9 Å². The molecule has 0 aromatic heterocycles. The Morgan fingerprint density at radius 1 is 1.24 bits per heavy atom. The van der Waals surface area contributed by atoms with Crippen LogP contribution in [0.3, 0.4) is 0 Å². The third-order valence-corrected chi connectivity index (χ3v) is 3.52. The zero-order valence-electron chi connectivity index (χ0n) is 11.8. The van der Waals surface area contributed by atoms with Gasteiger partial charge in [-0.25, -0.2) is 9.59 Å². The van der Waals surface area contributed by atoms with Crippen LogP contribution in [0.4, 0.5) is 0 Å². The van der Waals surface area contributed by atoms with Gasteiger partial charge in [-0.15, -0.1) is 0 Å². The van der Waals surface area contributed by atoms with E-state index in [-0.39, 0.29) is 13.2 Å². The highest BCUT2D eigenvalue weighted by molar-refractivity contribution is 5.83. The number of esters is 2. The maximum Gasteiger partial charge on any atom is 0.351 e. The van der Waals surface area contributed by atoms with Crippen molar-refractivity contribution in [3.8, 4) is 11.5 Å². The normalized spacial score (nSPS) is 26.1. The number of ether oxygens (including phenoxy) is 4. The van der Waals surface area contributed by atoms with Gasteiger partial charge in [-0.3, -0.25) is 0 Å². The minimum absolute atomic E-state index is 0.0536. The van der Waals surface area contributed by atoms with Gasteiger partial charge in [0.2, 0.25) is 12.2 Å². The number of fused-ring (bicyclic) bond motifs is 1. The van der Waals surface area contributed by atoms with Gasteiger partial charge in [0.15, 0.2) is 11.5 Å². The molecule has 2 heterocycles. The van der Waals surface area contributed by atoms with E-state index in [1.807, 2.05) is 19.9 Å². The van der Waals surface area contributed by atoms with Crippen molar-refractivity contribution in [3.05, 3.63) is 24.3 Å². The molecule has 1 saturated heterocycles. The van der Waals surface area contributed by atoms with Crippen molar-refractivity contribution in [2.75, 3.05) is 13.2 Å². The molecule has 21 heavy (non-hydrogen) atoms. The molecule has 0 unspecified atom stereocenters. The van der Waals surface area contributed by atoms with Gasteiger partial charge in [0, 0.05) is 5.41 Å². The van der Waals surface area contributed by atoms with Crippen LogP contribution >= 0.6 is 0 Å². The van der Waals surface area contributed by atoms with Crippen molar-refractivity contribution in [1.82, 2.24) is 0 Å². The molecular formula is C15H16O6. The molecule has 6 heteroatoms. The summed E-state index contributed by atoms with van der Waals surface area (Å²) < 4.78 is 21.2. The minimum atomic E-state index is -0.911. The maximum atomic E-state index is 12.2. The van der Waals surface area contributed by atoms with Crippen molar-refractivity contribution >= 4 is 11.9 Å².